The van der Waals surface area contributed by atoms with Crippen LogP contribution in [0.15, 0.2) is 76.8 Å². The monoisotopic (exact) mass is 421 g/mol. The van der Waals surface area contributed by atoms with Crippen molar-refractivity contribution in [2.75, 3.05) is 34.4 Å². The van der Waals surface area contributed by atoms with Crippen molar-refractivity contribution in [2.24, 2.45) is 5.10 Å². The summed E-state index contributed by atoms with van der Waals surface area (Å²) in [5.74, 6) is 1.90. The van der Waals surface area contributed by atoms with Gasteiger partial charge in [0, 0.05) is 57.4 Å². The Kier molecular flexibility index (Phi) is 7.84. The number of aromatic nitrogens is 1. The molecule has 0 aliphatic rings. The number of ether oxygens (including phenoxy) is 3. The van der Waals surface area contributed by atoms with Crippen LogP contribution in [0, 0.1) is 0 Å². The number of benzene rings is 2. The molecule has 0 amide bonds. The Morgan fingerprint density at radius 3 is 2.42 bits per heavy atom. The van der Waals surface area contributed by atoms with Crippen LogP contribution in [0.1, 0.15) is 5.56 Å². The third-order valence-electron chi connectivity index (χ3n) is 4.36. The van der Waals surface area contributed by atoms with Crippen LogP contribution in [0.2, 0.25) is 0 Å². The van der Waals surface area contributed by atoms with E-state index < -0.39 is 0 Å². The summed E-state index contributed by atoms with van der Waals surface area (Å²) in [4.78, 5) is 12.9. The summed E-state index contributed by atoms with van der Waals surface area (Å²) in [6.07, 6.45) is 4.09. The standard InChI is InChI=1S/C24H27N3O4/c1-26(2)25-14-13-19-18-27(20-9-11-21(12-10-20)30-16-15-29-3)24(28)17-23(19)31-22-7-5-4-6-8-22/h4-12,14,17-18H,13,15-16H2,1-3H3. The van der Waals surface area contributed by atoms with Crippen molar-refractivity contribution in [3.05, 3.63) is 82.8 Å². The number of hydrogen-bond acceptors (Lipinski definition) is 6. The Bertz CT molecular complexity index is 1040. The maximum atomic E-state index is 12.9. The smallest absolute Gasteiger partial charge is 0.258 e. The van der Waals surface area contributed by atoms with Crippen molar-refractivity contribution in [2.45, 2.75) is 6.42 Å². The van der Waals surface area contributed by atoms with Crippen LogP contribution in [0.4, 0.5) is 0 Å². The van der Waals surface area contributed by atoms with Crippen molar-refractivity contribution in [3.63, 3.8) is 0 Å². The number of para-hydroxylation sites is 1. The van der Waals surface area contributed by atoms with E-state index in [1.807, 2.05) is 68.7 Å². The van der Waals surface area contributed by atoms with E-state index in [0.717, 1.165) is 17.0 Å². The normalized spacial score (nSPS) is 10.9. The molecule has 7 nitrogen and oxygen atoms in total. The topological polar surface area (TPSA) is 65.3 Å². The van der Waals surface area contributed by atoms with E-state index in [2.05, 4.69) is 5.10 Å². The SMILES string of the molecule is COCCOc1ccc(-n2cc(CC=NN(C)C)c(Oc3ccccc3)cc2=O)cc1. The summed E-state index contributed by atoms with van der Waals surface area (Å²) in [5, 5.41) is 6.00. The fourth-order valence-electron chi connectivity index (χ4n) is 2.87. The van der Waals surface area contributed by atoms with Crippen LogP contribution < -0.4 is 15.0 Å². The summed E-state index contributed by atoms with van der Waals surface area (Å²) in [6.45, 7) is 0.985. The highest BCUT2D eigenvalue weighted by Gasteiger charge is 2.11. The van der Waals surface area contributed by atoms with Crippen molar-refractivity contribution >= 4 is 6.21 Å². The van der Waals surface area contributed by atoms with Gasteiger partial charge in [0.1, 0.15) is 23.9 Å². The molecule has 1 aromatic heterocycles. The molecule has 0 atom stereocenters. The van der Waals surface area contributed by atoms with Crippen LogP contribution in [0.3, 0.4) is 0 Å². The lowest BCUT2D eigenvalue weighted by Gasteiger charge is -2.14. The van der Waals surface area contributed by atoms with Gasteiger partial charge in [-0.15, -0.1) is 0 Å². The average molecular weight is 421 g/mol. The van der Waals surface area contributed by atoms with E-state index in [4.69, 9.17) is 14.2 Å². The fourth-order valence-corrected chi connectivity index (χ4v) is 2.87. The Morgan fingerprint density at radius 1 is 1.00 bits per heavy atom. The average Bonchev–Trinajstić information content (AvgIpc) is 2.76. The maximum Gasteiger partial charge on any atom is 0.258 e. The zero-order chi connectivity index (χ0) is 22.1. The van der Waals surface area contributed by atoms with Crippen molar-refractivity contribution < 1.29 is 14.2 Å². The van der Waals surface area contributed by atoms with Gasteiger partial charge in [-0.1, -0.05) is 18.2 Å². The van der Waals surface area contributed by atoms with E-state index >= 15 is 0 Å². The van der Waals surface area contributed by atoms with Gasteiger partial charge < -0.3 is 19.2 Å². The molecule has 3 aromatic rings. The molecule has 162 valence electrons. The zero-order valence-corrected chi connectivity index (χ0v) is 18.0. The summed E-state index contributed by atoms with van der Waals surface area (Å²) in [5.41, 5.74) is 1.39. The summed E-state index contributed by atoms with van der Waals surface area (Å²) < 4.78 is 18.2. The third-order valence-corrected chi connectivity index (χ3v) is 4.36. The highest BCUT2D eigenvalue weighted by Crippen LogP contribution is 2.25. The summed E-state index contributed by atoms with van der Waals surface area (Å²) in [6, 6.07) is 18.3. The van der Waals surface area contributed by atoms with Gasteiger partial charge in [-0.2, -0.15) is 5.10 Å². The minimum atomic E-state index is -0.188. The van der Waals surface area contributed by atoms with Gasteiger partial charge in [0.05, 0.1) is 6.61 Å². The lowest BCUT2D eigenvalue weighted by atomic mass is 10.2. The first-order chi connectivity index (χ1) is 15.1. The molecule has 3 rings (SSSR count). The second kappa shape index (κ2) is 11.0. The number of hydrogen-bond donors (Lipinski definition) is 0. The minimum absolute atomic E-state index is 0.188. The van der Waals surface area contributed by atoms with Gasteiger partial charge >= 0.3 is 0 Å². The summed E-state index contributed by atoms with van der Waals surface area (Å²) >= 11 is 0. The first kappa shape index (κ1) is 22.1. The quantitative estimate of drug-likeness (QED) is 0.283. The Morgan fingerprint density at radius 2 is 1.74 bits per heavy atom. The fraction of sp³-hybridized carbons (Fsp3) is 0.250. The molecule has 1 heterocycles. The highest BCUT2D eigenvalue weighted by atomic mass is 16.5. The number of methoxy groups -OCH3 is 1. The Hall–Kier alpha value is -3.58. The largest absolute Gasteiger partial charge is 0.491 e. The zero-order valence-electron chi connectivity index (χ0n) is 18.0. The minimum Gasteiger partial charge on any atom is -0.491 e. The Balaban J connectivity index is 1.91. The predicted octanol–water partition coefficient (Wildman–Crippen LogP) is 3.74. The van der Waals surface area contributed by atoms with Crippen molar-refractivity contribution in [3.8, 4) is 22.9 Å². The van der Waals surface area contributed by atoms with Gasteiger partial charge in [0.2, 0.25) is 0 Å². The molecule has 7 heteroatoms. The van der Waals surface area contributed by atoms with Gasteiger partial charge in [0.15, 0.2) is 0 Å². The van der Waals surface area contributed by atoms with Crippen LogP contribution in [0.5, 0.6) is 17.2 Å². The van der Waals surface area contributed by atoms with E-state index in [9.17, 15) is 4.79 Å². The van der Waals surface area contributed by atoms with E-state index in [0.29, 0.717) is 31.1 Å². The number of pyridine rings is 1. The number of hydrazone groups is 1. The number of rotatable bonds is 10. The number of nitrogens with zero attached hydrogens (tertiary/aromatic N) is 3. The van der Waals surface area contributed by atoms with Crippen LogP contribution >= 0.6 is 0 Å². The molecule has 2 aromatic carbocycles. The predicted molar refractivity (Wildman–Crippen MR) is 122 cm³/mol. The van der Waals surface area contributed by atoms with Crippen LogP contribution in [-0.4, -0.2) is 50.2 Å². The van der Waals surface area contributed by atoms with Crippen LogP contribution in [0.25, 0.3) is 5.69 Å². The lowest BCUT2D eigenvalue weighted by Crippen LogP contribution is -2.18. The van der Waals surface area contributed by atoms with Crippen molar-refractivity contribution in [1.29, 1.82) is 0 Å². The first-order valence-corrected chi connectivity index (χ1v) is 9.97. The van der Waals surface area contributed by atoms with E-state index in [1.165, 1.54) is 6.07 Å². The second-order valence-corrected chi connectivity index (χ2v) is 6.97. The second-order valence-electron chi connectivity index (χ2n) is 6.97. The lowest BCUT2D eigenvalue weighted by molar-refractivity contribution is 0.146. The highest BCUT2D eigenvalue weighted by molar-refractivity contribution is 5.63. The van der Waals surface area contributed by atoms with Gasteiger partial charge in [-0.25, -0.2) is 0 Å². The molecule has 0 unspecified atom stereocenters. The van der Waals surface area contributed by atoms with E-state index in [1.54, 1.807) is 29.1 Å². The molecular formula is C24H27N3O4. The first-order valence-electron chi connectivity index (χ1n) is 9.97. The third kappa shape index (κ3) is 6.45. The summed E-state index contributed by atoms with van der Waals surface area (Å²) in [7, 11) is 5.34. The molecule has 0 spiro atoms. The molecule has 31 heavy (non-hydrogen) atoms. The molecule has 0 N–H and O–H groups in total. The Labute approximate surface area is 182 Å². The molecule has 0 saturated carbocycles. The molecule has 0 aliphatic carbocycles. The molecular weight excluding hydrogens is 394 g/mol. The van der Waals surface area contributed by atoms with Gasteiger partial charge in [0.25, 0.3) is 5.56 Å². The molecule has 0 bridgehead atoms. The van der Waals surface area contributed by atoms with E-state index in [-0.39, 0.29) is 5.56 Å². The van der Waals surface area contributed by atoms with Gasteiger partial charge in [-0.05, 0) is 36.4 Å². The molecule has 0 saturated heterocycles. The molecule has 0 radical (unpaired) electrons. The van der Waals surface area contributed by atoms with Crippen molar-refractivity contribution in [1.82, 2.24) is 9.58 Å². The van der Waals surface area contributed by atoms with Gasteiger partial charge in [-0.3, -0.25) is 9.36 Å². The molecule has 0 aliphatic heterocycles. The maximum absolute atomic E-state index is 12.9. The molecule has 0 fully saturated rings. The van der Waals surface area contributed by atoms with Crippen LogP contribution in [-0.2, 0) is 11.2 Å².